The minimum Gasteiger partial charge on any atom is -0.299 e. The van der Waals surface area contributed by atoms with Crippen molar-refractivity contribution in [2.24, 2.45) is 5.92 Å². The molecule has 3 aliphatic rings. The van der Waals surface area contributed by atoms with E-state index in [1.807, 2.05) is 0 Å². The Bertz CT molecular complexity index is 207. The first-order valence-electron chi connectivity index (χ1n) is 4.47. The van der Waals surface area contributed by atoms with E-state index in [4.69, 9.17) is 11.6 Å². The summed E-state index contributed by atoms with van der Waals surface area (Å²) >= 11 is 5.47. The van der Waals surface area contributed by atoms with Crippen molar-refractivity contribution in [3.05, 3.63) is 11.4 Å². The molecule has 0 aromatic heterocycles. The van der Waals surface area contributed by atoms with Gasteiger partial charge in [-0.1, -0.05) is 0 Å². The Balaban J connectivity index is 2.18. The molecule has 68 valence electrons. The van der Waals surface area contributed by atoms with E-state index in [0.29, 0.717) is 5.92 Å². The molecule has 3 rings (SSSR count). The van der Waals surface area contributed by atoms with Crippen LogP contribution in [0.2, 0.25) is 0 Å². The van der Waals surface area contributed by atoms with Gasteiger partial charge in [0.05, 0.1) is 5.88 Å². The summed E-state index contributed by atoms with van der Waals surface area (Å²) in [6.45, 7) is 3.11. The van der Waals surface area contributed by atoms with Crippen LogP contribution in [0.5, 0.6) is 0 Å². The summed E-state index contributed by atoms with van der Waals surface area (Å²) in [5.74, 6) is 0.472. The summed E-state index contributed by atoms with van der Waals surface area (Å²) in [4.78, 5) is 2.31. The van der Waals surface area contributed by atoms with Crippen molar-refractivity contribution in [2.45, 2.75) is 12.8 Å². The molecule has 0 radical (unpaired) electrons. The zero-order valence-electron chi connectivity index (χ0n) is 7.02. The summed E-state index contributed by atoms with van der Waals surface area (Å²) in [7, 11) is 0. The Hall–Kier alpha value is -0.0800. The molecule has 0 aliphatic carbocycles. The van der Waals surface area contributed by atoms with Gasteiger partial charge in [-0.3, -0.25) is 4.90 Å². The Kier molecular flexibility index (Phi) is 2.37. The second-order valence-electron chi connectivity index (χ2n) is 3.61. The van der Waals surface area contributed by atoms with Gasteiger partial charge in [-0.25, -0.2) is 4.39 Å². The maximum absolute atomic E-state index is 13.2. The van der Waals surface area contributed by atoms with Crippen LogP contribution in [0.1, 0.15) is 12.8 Å². The van der Waals surface area contributed by atoms with E-state index < -0.39 is 0 Å². The maximum Gasteiger partial charge on any atom is 0.115 e. The zero-order valence-corrected chi connectivity index (χ0v) is 7.78. The van der Waals surface area contributed by atoms with Crippen LogP contribution in [0.4, 0.5) is 4.39 Å². The predicted molar refractivity (Wildman–Crippen MR) is 48.0 cm³/mol. The molecule has 0 saturated carbocycles. The van der Waals surface area contributed by atoms with Crippen LogP contribution in [0.15, 0.2) is 11.4 Å². The maximum atomic E-state index is 13.2. The van der Waals surface area contributed by atoms with E-state index in [0.717, 1.165) is 38.0 Å². The minimum absolute atomic E-state index is 0.0552. The summed E-state index contributed by atoms with van der Waals surface area (Å²) < 4.78 is 13.2. The summed E-state index contributed by atoms with van der Waals surface area (Å²) in [5.41, 5.74) is 0.975. The average Bonchev–Trinajstić information content (AvgIpc) is 2.18. The fourth-order valence-electron chi connectivity index (χ4n) is 2.20. The molecule has 0 N–H and O–H groups in total. The number of allylic oxidation sites excluding steroid dienone is 1. The van der Waals surface area contributed by atoms with Crippen molar-refractivity contribution in [1.82, 2.24) is 4.90 Å². The van der Waals surface area contributed by atoms with Gasteiger partial charge in [0.1, 0.15) is 5.83 Å². The second-order valence-corrected chi connectivity index (χ2v) is 3.88. The lowest BCUT2D eigenvalue weighted by molar-refractivity contribution is 0.157. The van der Waals surface area contributed by atoms with Crippen molar-refractivity contribution < 1.29 is 4.39 Å². The smallest absolute Gasteiger partial charge is 0.115 e. The molecule has 12 heavy (non-hydrogen) atoms. The third kappa shape index (κ3) is 1.38. The van der Waals surface area contributed by atoms with E-state index >= 15 is 0 Å². The van der Waals surface area contributed by atoms with Gasteiger partial charge in [-0.05, 0) is 37.4 Å². The van der Waals surface area contributed by atoms with Crippen LogP contribution < -0.4 is 0 Å². The second kappa shape index (κ2) is 3.35. The van der Waals surface area contributed by atoms with Crippen LogP contribution in [0.3, 0.4) is 0 Å². The lowest BCUT2D eigenvalue weighted by Gasteiger charge is -2.41. The van der Waals surface area contributed by atoms with Gasteiger partial charge >= 0.3 is 0 Å². The van der Waals surface area contributed by atoms with Crippen LogP contribution in [0, 0.1) is 5.92 Å². The summed E-state index contributed by atoms with van der Waals surface area (Å²) in [6, 6.07) is 0. The topological polar surface area (TPSA) is 3.24 Å². The molecule has 0 aromatic rings. The van der Waals surface area contributed by atoms with Crippen LogP contribution >= 0.6 is 11.6 Å². The number of rotatable bonds is 1. The molecule has 3 fully saturated rings. The van der Waals surface area contributed by atoms with Crippen molar-refractivity contribution in [1.29, 1.82) is 0 Å². The molecule has 2 bridgehead atoms. The Morgan fingerprint density at radius 3 is 2.58 bits per heavy atom. The Labute approximate surface area is 77.2 Å². The molecule has 3 saturated heterocycles. The molecule has 0 atom stereocenters. The number of fused-ring (bicyclic) bond motifs is 3. The fourth-order valence-corrected chi connectivity index (χ4v) is 2.37. The average molecular weight is 190 g/mol. The molecule has 3 heterocycles. The largest absolute Gasteiger partial charge is 0.299 e. The first-order chi connectivity index (χ1) is 5.81. The molecule has 3 aliphatic heterocycles. The SMILES string of the molecule is F/C(CCl)=C1/CN2CCC1CC2. The Morgan fingerprint density at radius 2 is 2.17 bits per heavy atom. The number of hydrogen-bond donors (Lipinski definition) is 0. The van der Waals surface area contributed by atoms with Gasteiger partial charge < -0.3 is 0 Å². The highest BCUT2D eigenvalue weighted by Gasteiger charge is 2.31. The first kappa shape index (κ1) is 8.52. The van der Waals surface area contributed by atoms with Crippen LogP contribution in [-0.2, 0) is 0 Å². The van der Waals surface area contributed by atoms with Crippen LogP contribution in [-0.4, -0.2) is 30.4 Å². The van der Waals surface area contributed by atoms with E-state index in [2.05, 4.69) is 4.90 Å². The molecule has 3 heteroatoms. The van der Waals surface area contributed by atoms with E-state index in [1.54, 1.807) is 0 Å². The van der Waals surface area contributed by atoms with E-state index in [1.165, 1.54) is 0 Å². The van der Waals surface area contributed by atoms with Crippen molar-refractivity contribution >= 4 is 11.6 Å². The lowest BCUT2D eigenvalue weighted by atomic mass is 9.83. The molecule has 0 spiro atoms. The third-order valence-electron chi connectivity index (χ3n) is 2.94. The van der Waals surface area contributed by atoms with Gasteiger partial charge in [0.25, 0.3) is 0 Å². The van der Waals surface area contributed by atoms with Crippen LogP contribution in [0.25, 0.3) is 0 Å². The molecule has 0 unspecified atom stereocenters. The Morgan fingerprint density at radius 1 is 1.50 bits per heavy atom. The van der Waals surface area contributed by atoms with Gasteiger partial charge in [0, 0.05) is 6.54 Å². The molecule has 0 aromatic carbocycles. The molecular weight excluding hydrogens is 177 g/mol. The molecule has 0 amide bonds. The fraction of sp³-hybridized carbons (Fsp3) is 0.778. The predicted octanol–water partition coefficient (Wildman–Crippen LogP) is 2.17. The standard InChI is InChI=1S/C9H13ClFN/c10-5-9(11)8-6-12-3-1-7(8)2-4-12/h7H,1-6H2/b9-8-. The van der Waals surface area contributed by atoms with Crippen molar-refractivity contribution in [3.63, 3.8) is 0 Å². The number of halogens is 2. The zero-order chi connectivity index (χ0) is 8.55. The normalized spacial score (nSPS) is 38.5. The van der Waals surface area contributed by atoms with Gasteiger partial charge in [-0.15, -0.1) is 11.6 Å². The third-order valence-corrected chi connectivity index (χ3v) is 3.17. The van der Waals surface area contributed by atoms with Crippen molar-refractivity contribution in [3.8, 4) is 0 Å². The highest BCUT2D eigenvalue weighted by Crippen LogP contribution is 2.34. The number of piperidine rings is 3. The molecule has 1 nitrogen and oxygen atoms in total. The van der Waals surface area contributed by atoms with E-state index in [-0.39, 0.29) is 11.7 Å². The van der Waals surface area contributed by atoms with Gasteiger partial charge in [0.15, 0.2) is 0 Å². The lowest BCUT2D eigenvalue weighted by Crippen LogP contribution is -2.43. The van der Waals surface area contributed by atoms with Gasteiger partial charge in [0.2, 0.25) is 0 Å². The number of hydrogen-bond acceptors (Lipinski definition) is 1. The summed E-state index contributed by atoms with van der Waals surface area (Å²) in [6.07, 6.45) is 2.25. The van der Waals surface area contributed by atoms with Gasteiger partial charge in [-0.2, -0.15) is 0 Å². The minimum atomic E-state index is -0.0777. The highest BCUT2D eigenvalue weighted by molar-refractivity contribution is 6.19. The molecular formula is C9H13ClFN. The highest BCUT2D eigenvalue weighted by atomic mass is 35.5. The monoisotopic (exact) mass is 189 g/mol. The van der Waals surface area contributed by atoms with Crippen molar-refractivity contribution in [2.75, 3.05) is 25.5 Å². The number of nitrogens with zero attached hydrogens (tertiary/aromatic N) is 1. The quantitative estimate of drug-likeness (QED) is 0.572. The first-order valence-corrected chi connectivity index (χ1v) is 5.00. The van der Waals surface area contributed by atoms with E-state index in [9.17, 15) is 4.39 Å². The number of alkyl halides is 1. The summed E-state index contributed by atoms with van der Waals surface area (Å²) in [5, 5.41) is 0.